The van der Waals surface area contributed by atoms with Crippen LogP contribution in [0.5, 0.6) is 0 Å². The van der Waals surface area contributed by atoms with Crippen LogP contribution in [-0.2, 0) is 0 Å². The minimum absolute atomic E-state index is 0.561. The van der Waals surface area contributed by atoms with Crippen LogP contribution in [-0.4, -0.2) is 0 Å². The summed E-state index contributed by atoms with van der Waals surface area (Å²) in [6.07, 6.45) is 7.49. The standard InChI is InChI=1S/C12H20F2/c1-2-4-10-7-8-11(9-10)5-3-6-12(13)14/h6,10-11H,2-5,7-9H2,1H3. The lowest BCUT2D eigenvalue weighted by molar-refractivity contribution is 0.409. The molecule has 0 spiro atoms. The van der Waals surface area contributed by atoms with Crippen molar-refractivity contribution in [3.8, 4) is 0 Å². The molecule has 2 unspecified atom stereocenters. The summed E-state index contributed by atoms with van der Waals surface area (Å²) in [5, 5.41) is 0. The average Bonchev–Trinajstić information content (AvgIpc) is 2.53. The number of allylic oxidation sites excluding steroid dienone is 1. The van der Waals surface area contributed by atoms with Gasteiger partial charge in [0, 0.05) is 0 Å². The van der Waals surface area contributed by atoms with Crippen LogP contribution in [0.4, 0.5) is 8.78 Å². The molecule has 0 bridgehead atoms. The van der Waals surface area contributed by atoms with Gasteiger partial charge >= 0.3 is 0 Å². The van der Waals surface area contributed by atoms with Gasteiger partial charge in [0.1, 0.15) is 0 Å². The largest absolute Gasteiger partial charge is 0.266 e. The minimum Gasteiger partial charge on any atom is -0.174 e. The molecule has 1 saturated carbocycles. The lowest BCUT2D eigenvalue weighted by atomic mass is 9.97. The van der Waals surface area contributed by atoms with E-state index < -0.39 is 6.08 Å². The Kier molecular flexibility index (Phi) is 5.13. The van der Waals surface area contributed by atoms with Crippen LogP contribution in [0.15, 0.2) is 12.2 Å². The summed E-state index contributed by atoms with van der Waals surface area (Å²) in [7, 11) is 0. The first-order chi connectivity index (χ1) is 6.72. The van der Waals surface area contributed by atoms with E-state index in [1.807, 2.05) is 0 Å². The summed E-state index contributed by atoms with van der Waals surface area (Å²) in [6, 6.07) is 0. The van der Waals surface area contributed by atoms with Gasteiger partial charge < -0.3 is 0 Å². The zero-order valence-electron chi connectivity index (χ0n) is 8.94. The smallest absolute Gasteiger partial charge is 0.174 e. The molecule has 1 aliphatic rings. The average molecular weight is 202 g/mol. The summed E-state index contributed by atoms with van der Waals surface area (Å²) in [6.45, 7) is 2.22. The fraction of sp³-hybridized carbons (Fsp3) is 0.833. The Morgan fingerprint density at radius 3 is 2.43 bits per heavy atom. The quantitative estimate of drug-likeness (QED) is 0.602. The summed E-state index contributed by atoms with van der Waals surface area (Å²) < 4.78 is 23.5. The van der Waals surface area contributed by atoms with Crippen LogP contribution < -0.4 is 0 Å². The van der Waals surface area contributed by atoms with Crippen molar-refractivity contribution in [2.24, 2.45) is 11.8 Å². The van der Waals surface area contributed by atoms with E-state index in [-0.39, 0.29) is 0 Å². The molecule has 1 aliphatic carbocycles. The maximum absolute atomic E-state index is 11.8. The molecule has 2 heteroatoms. The molecule has 2 atom stereocenters. The van der Waals surface area contributed by atoms with Crippen LogP contribution in [0.1, 0.15) is 51.9 Å². The van der Waals surface area contributed by atoms with E-state index >= 15 is 0 Å². The number of hydrogen-bond donors (Lipinski definition) is 0. The third-order valence-electron chi connectivity index (χ3n) is 3.22. The predicted octanol–water partition coefficient (Wildman–Crippen LogP) is 4.76. The highest BCUT2D eigenvalue weighted by molar-refractivity contribution is 4.83. The van der Waals surface area contributed by atoms with Crippen molar-refractivity contribution in [3.63, 3.8) is 0 Å². The van der Waals surface area contributed by atoms with Gasteiger partial charge in [-0.05, 0) is 37.2 Å². The van der Waals surface area contributed by atoms with Gasteiger partial charge in [-0.1, -0.05) is 32.6 Å². The third-order valence-corrected chi connectivity index (χ3v) is 3.22. The summed E-state index contributed by atoms with van der Waals surface area (Å²) in [5.74, 6) is 1.59. The van der Waals surface area contributed by atoms with Crippen molar-refractivity contribution in [1.29, 1.82) is 0 Å². The molecule has 0 heterocycles. The Hall–Kier alpha value is -0.400. The van der Waals surface area contributed by atoms with Crippen LogP contribution in [0.25, 0.3) is 0 Å². The van der Waals surface area contributed by atoms with Gasteiger partial charge in [0.15, 0.2) is 0 Å². The summed E-state index contributed by atoms with van der Waals surface area (Å²) in [5.41, 5.74) is 0. The molecule has 0 aromatic rings. The van der Waals surface area contributed by atoms with Crippen molar-refractivity contribution in [2.45, 2.75) is 51.9 Å². The van der Waals surface area contributed by atoms with E-state index in [0.29, 0.717) is 12.3 Å². The molecule has 0 saturated heterocycles. The van der Waals surface area contributed by atoms with Crippen molar-refractivity contribution in [2.75, 3.05) is 0 Å². The second-order valence-electron chi connectivity index (χ2n) is 4.40. The lowest BCUT2D eigenvalue weighted by Crippen LogP contribution is -1.96. The molecular formula is C12H20F2. The van der Waals surface area contributed by atoms with Crippen LogP contribution in [0, 0.1) is 11.8 Å². The minimum atomic E-state index is -1.52. The Balaban J connectivity index is 2.13. The van der Waals surface area contributed by atoms with E-state index in [1.54, 1.807) is 0 Å². The number of rotatable bonds is 5. The van der Waals surface area contributed by atoms with Crippen molar-refractivity contribution >= 4 is 0 Å². The van der Waals surface area contributed by atoms with Crippen LogP contribution in [0.3, 0.4) is 0 Å². The highest BCUT2D eigenvalue weighted by Gasteiger charge is 2.22. The molecule has 1 rings (SSSR count). The molecular weight excluding hydrogens is 182 g/mol. The molecule has 14 heavy (non-hydrogen) atoms. The number of hydrogen-bond acceptors (Lipinski definition) is 0. The molecule has 0 aliphatic heterocycles. The summed E-state index contributed by atoms with van der Waals surface area (Å²) >= 11 is 0. The SMILES string of the molecule is CCCC1CCC(CCC=C(F)F)C1. The summed E-state index contributed by atoms with van der Waals surface area (Å²) in [4.78, 5) is 0. The van der Waals surface area contributed by atoms with E-state index in [0.717, 1.165) is 18.4 Å². The fourth-order valence-electron chi connectivity index (χ4n) is 2.54. The molecule has 0 radical (unpaired) electrons. The molecule has 82 valence electrons. The molecule has 0 amide bonds. The van der Waals surface area contributed by atoms with Gasteiger partial charge in [0.05, 0.1) is 0 Å². The Labute approximate surface area is 85.4 Å². The van der Waals surface area contributed by atoms with Gasteiger partial charge in [-0.15, -0.1) is 0 Å². The second-order valence-corrected chi connectivity index (χ2v) is 4.40. The van der Waals surface area contributed by atoms with Gasteiger partial charge in [-0.2, -0.15) is 8.78 Å². The topological polar surface area (TPSA) is 0 Å². The van der Waals surface area contributed by atoms with Gasteiger partial charge in [-0.3, -0.25) is 0 Å². The molecule has 0 nitrogen and oxygen atoms in total. The second kappa shape index (κ2) is 6.15. The predicted molar refractivity (Wildman–Crippen MR) is 55.3 cm³/mol. The van der Waals surface area contributed by atoms with E-state index in [1.165, 1.54) is 32.1 Å². The van der Waals surface area contributed by atoms with Crippen molar-refractivity contribution in [1.82, 2.24) is 0 Å². The van der Waals surface area contributed by atoms with Gasteiger partial charge in [0.25, 0.3) is 6.08 Å². The zero-order valence-corrected chi connectivity index (χ0v) is 8.94. The van der Waals surface area contributed by atoms with Gasteiger partial charge in [0.2, 0.25) is 0 Å². The van der Waals surface area contributed by atoms with Gasteiger partial charge in [-0.25, -0.2) is 0 Å². The Morgan fingerprint density at radius 1 is 1.21 bits per heavy atom. The first-order valence-electron chi connectivity index (χ1n) is 5.73. The van der Waals surface area contributed by atoms with Crippen molar-refractivity contribution in [3.05, 3.63) is 12.2 Å². The van der Waals surface area contributed by atoms with Crippen LogP contribution in [0.2, 0.25) is 0 Å². The highest BCUT2D eigenvalue weighted by atomic mass is 19.3. The number of halogens is 2. The van der Waals surface area contributed by atoms with Crippen LogP contribution >= 0.6 is 0 Å². The molecule has 0 N–H and O–H groups in total. The van der Waals surface area contributed by atoms with E-state index in [2.05, 4.69) is 6.92 Å². The Bertz CT molecular complexity index is 183. The zero-order chi connectivity index (χ0) is 10.4. The highest BCUT2D eigenvalue weighted by Crippen LogP contribution is 2.36. The third kappa shape index (κ3) is 4.21. The normalized spacial score (nSPS) is 26.5. The first-order valence-corrected chi connectivity index (χ1v) is 5.73. The monoisotopic (exact) mass is 202 g/mol. The molecule has 0 aromatic carbocycles. The maximum atomic E-state index is 11.8. The first kappa shape index (κ1) is 11.7. The maximum Gasteiger partial charge on any atom is 0.266 e. The van der Waals surface area contributed by atoms with Crippen molar-refractivity contribution < 1.29 is 8.78 Å². The molecule has 0 aromatic heterocycles. The van der Waals surface area contributed by atoms with E-state index in [4.69, 9.17) is 0 Å². The Morgan fingerprint density at radius 2 is 1.86 bits per heavy atom. The molecule has 1 fully saturated rings. The fourth-order valence-corrected chi connectivity index (χ4v) is 2.54. The van der Waals surface area contributed by atoms with E-state index in [9.17, 15) is 8.78 Å². The lowest BCUT2D eigenvalue weighted by Gasteiger charge is -2.08.